The molecule has 1 heterocycles. The maximum atomic E-state index is 9.47. The second-order valence-electron chi connectivity index (χ2n) is 8.30. The van der Waals surface area contributed by atoms with Gasteiger partial charge in [-0.25, -0.2) is 0 Å². The third-order valence-electron chi connectivity index (χ3n) is 6.07. The Bertz CT molecular complexity index is 1190. The minimum Gasteiger partial charge on any atom is -0.497 e. The lowest BCUT2D eigenvalue weighted by Gasteiger charge is -2.36. The van der Waals surface area contributed by atoms with Gasteiger partial charge in [-0.1, -0.05) is 54.6 Å². The van der Waals surface area contributed by atoms with Gasteiger partial charge in [-0.3, -0.25) is 4.98 Å². The van der Waals surface area contributed by atoms with Crippen LogP contribution >= 0.6 is 0 Å². The topological polar surface area (TPSA) is 90.3 Å². The number of ether oxygens (including phenoxy) is 4. The molecule has 2 N–H and O–H groups in total. The van der Waals surface area contributed by atoms with Crippen molar-refractivity contribution in [1.29, 1.82) is 0 Å². The van der Waals surface area contributed by atoms with E-state index in [0.29, 0.717) is 17.1 Å². The van der Waals surface area contributed by atoms with Crippen LogP contribution in [0.15, 0.2) is 91.0 Å². The summed E-state index contributed by atoms with van der Waals surface area (Å²) < 4.78 is 23.5. The first-order valence-electron chi connectivity index (χ1n) is 12.0. The first-order valence-corrected chi connectivity index (χ1v) is 12.0. The number of benzene rings is 3. The first kappa shape index (κ1) is 26.2. The second-order valence-corrected chi connectivity index (χ2v) is 8.30. The van der Waals surface area contributed by atoms with Gasteiger partial charge < -0.3 is 29.2 Å². The number of rotatable bonds is 12. The molecule has 0 aliphatic carbocycles. The highest BCUT2D eigenvalue weighted by molar-refractivity contribution is 5.49. The third-order valence-corrected chi connectivity index (χ3v) is 6.07. The molecular formula is C30H31NO6. The van der Waals surface area contributed by atoms with E-state index in [-0.39, 0.29) is 26.4 Å². The monoisotopic (exact) mass is 501 g/mol. The van der Waals surface area contributed by atoms with Crippen LogP contribution in [0.5, 0.6) is 17.2 Å². The SMILES string of the molecule is COc1ccc(C(OCCOc2cc(CO)nc(CO)c2)(c2ccccc2)c2ccc(OC)cc2)cc1. The van der Waals surface area contributed by atoms with Gasteiger partial charge in [0.1, 0.15) is 29.5 Å². The largest absolute Gasteiger partial charge is 0.497 e. The molecule has 0 radical (unpaired) electrons. The van der Waals surface area contributed by atoms with Crippen LogP contribution in [0.1, 0.15) is 28.1 Å². The number of hydrogen-bond donors (Lipinski definition) is 2. The van der Waals surface area contributed by atoms with Crippen LogP contribution in [0, 0.1) is 0 Å². The van der Waals surface area contributed by atoms with Crippen LogP contribution < -0.4 is 14.2 Å². The second kappa shape index (κ2) is 12.4. The van der Waals surface area contributed by atoms with Gasteiger partial charge in [0.05, 0.1) is 45.4 Å². The van der Waals surface area contributed by atoms with Gasteiger partial charge in [0.2, 0.25) is 0 Å². The van der Waals surface area contributed by atoms with Crippen molar-refractivity contribution >= 4 is 0 Å². The summed E-state index contributed by atoms with van der Waals surface area (Å²) in [7, 11) is 3.28. The molecule has 0 unspecified atom stereocenters. The van der Waals surface area contributed by atoms with Crippen LogP contribution in [-0.2, 0) is 23.6 Å². The number of aromatic nitrogens is 1. The number of nitrogens with zero attached hydrogens (tertiary/aromatic N) is 1. The van der Waals surface area contributed by atoms with Gasteiger partial charge in [-0.05, 0) is 41.0 Å². The molecule has 0 aliphatic heterocycles. The molecule has 192 valence electrons. The molecule has 0 saturated carbocycles. The fourth-order valence-electron chi connectivity index (χ4n) is 4.29. The first-order chi connectivity index (χ1) is 18.1. The lowest BCUT2D eigenvalue weighted by Crippen LogP contribution is -2.34. The summed E-state index contributed by atoms with van der Waals surface area (Å²) in [6.07, 6.45) is 0. The summed E-state index contributed by atoms with van der Waals surface area (Å²) in [4.78, 5) is 4.15. The van der Waals surface area contributed by atoms with Crippen LogP contribution in [0.4, 0.5) is 0 Å². The zero-order valence-corrected chi connectivity index (χ0v) is 21.0. The van der Waals surface area contributed by atoms with E-state index in [1.54, 1.807) is 26.4 Å². The number of methoxy groups -OCH3 is 2. The molecule has 3 aromatic carbocycles. The highest BCUT2D eigenvalue weighted by atomic mass is 16.5. The maximum absolute atomic E-state index is 9.47. The molecule has 0 bridgehead atoms. The lowest BCUT2D eigenvalue weighted by atomic mass is 9.80. The predicted molar refractivity (Wildman–Crippen MR) is 140 cm³/mol. The van der Waals surface area contributed by atoms with Gasteiger partial charge in [0.15, 0.2) is 0 Å². The van der Waals surface area contributed by atoms with Crippen molar-refractivity contribution in [3.63, 3.8) is 0 Å². The number of pyridine rings is 1. The minimum absolute atomic E-state index is 0.237. The van der Waals surface area contributed by atoms with E-state index < -0.39 is 5.60 Å². The summed E-state index contributed by atoms with van der Waals surface area (Å²) >= 11 is 0. The molecule has 7 heteroatoms. The molecule has 4 rings (SSSR count). The van der Waals surface area contributed by atoms with Gasteiger partial charge in [-0.2, -0.15) is 0 Å². The molecular weight excluding hydrogens is 470 g/mol. The molecule has 0 fully saturated rings. The Balaban J connectivity index is 1.70. The Morgan fingerprint density at radius 3 is 1.57 bits per heavy atom. The number of aliphatic hydroxyl groups excluding tert-OH is 2. The van der Waals surface area contributed by atoms with E-state index in [9.17, 15) is 10.2 Å². The molecule has 0 saturated heterocycles. The fourth-order valence-corrected chi connectivity index (χ4v) is 4.29. The Morgan fingerprint density at radius 1 is 0.622 bits per heavy atom. The quantitative estimate of drug-likeness (QED) is 0.219. The summed E-state index contributed by atoms with van der Waals surface area (Å²) in [5.74, 6) is 2.01. The van der Waals surface area contributed by atoms with Crippen molar-refractivity contribution in [2.24, 2.45) is 0 Å². The zero-order valence-electron chi connectivity index (χ0n) is 21.0. The van der Waals surface area contributed by atoms with E-state index in [1.807, 2.05) is 78.9 Å². The van der Waals surface area contributed by atoms with Crippen molar-refractivity contribution in [1.82, 2.24) is 4.98 Å². The molecule has 7 nitrogen and oxygen atoms in total. The van der Waals surface area contributed by atoms with Crippen molar-refractivity contribution in [3.05, 3.63) is 119 Å². The average Bonchev–Trinajstić information content (AvgIpc) is 2.98. The summed E-state index contributed by atoms with van der Waals surface area (Å²) in [5.41, 5.74) is 2.74. The molecule has 37 heavy (non-hydrogen) atoms. The van der Waals surface area contributed by atoms with Crippen LogP contribution in [0.25, 0.3) is 0 Å². The van der Waals surface area contributed by atoms with Gasteiger partial charge in [0, 0.05) is 12.1 Å². The molecule has 1 aromatic heterocycles. The summed E-state index contributed by atoms with van der Waals surface area (Å²) in [6.45, 7) is -0.00164. The minimum atomic E-state index is -0.937. The predicted octanol–water partition coefficient (Wildman–Crippen LogP) is 4.47. The van der Waals surface area contributed by atoms with E-state index in [4.69, 9.17) is 18.9 Å². The van der Waals surface area contributed by atoms with Crippen molar-refractivity contribution in [2.45, 2.75) is 18.8 Å². The highest BCUT2D eigenvalue weighted by Crippen LogP contribution is 2.41. The van der Waals surface area contributed by atoms with Gasteiger partial charge in [-0.15, -0.1) is 0 Å². The Kier molecular flexibility index (Phi) is 8.74. The normalized spacial score (nSPS) is 11.2. The van der Waals surface area contributed by atoms with Crippen LogP contribution in [0.2, 0.25) is 0 Å². The van der Waals surface area contributed by atoms with E-state index >= 15 is 0 Å². The van der Waals surface area contributed by atoms with E-state index in [1.165, 1.54) is 0 Å². The fraction of sp³-hybridized carbons (Fsp3) is 0.233. The molecule has 0 amide bonds. The van der Waals surface area contributed by atoms with Crippen molar-refractivity contribution in [2.75, 3.05) is 27.4 Å². The Morgan fingerprint density at radius 2 is 1.11 bits per heavy atom. The molecule has 4 aromatic rings. The number of hydrogen-bond acceptors (Lipinski definition) is 7. The van der Waals surface area contributed by atoms with E-state index in [2.05, 4.69) is 4.98 Å². The average molecular weight is 502 g/mol. The third kappa shape index (κ3) is 5.91. The summed E-state index contributed by atoms with van der Waals surface area (Å²) in [6, 6.07) is 29.0. The summed E-state index contributed by atoms with van der Waals surface area (Å²) in [5, 5.41) is 18.9. The van der Waals surface area contributed by atoms with Crippen molar-refractivity contribution in [3.8, 4) is 17.2 Å². The molecule has 0 aliphatic rings. The van der Waals surface area contributed by atoms with Crippen LogP contribution in [-0.4, -0.2) is 42.6 Å². The number of aliphatic hydroxyl groups is 2. The molecule has 0 spiro atoms. The lowest BCUT2D eigenvalue weighted by molar-refractivity contribution is -0.00250. The van der Waals surface area contributed by atoms with Crippen molar-refractivity contribution < 1.29 is 29.2 Å². The van der Waals surface area contributed by atoms with Gasteiger partial charge in [0.25, 0.3) is 0 Å². The van der Waals surface area contributed by atoms with Gasteiger partial charge >= 0.3 is 0 Å². The standard InChI is InChI=1S/C30H31NO6/c1-34-27-12-8-23(9-13-27)30(22-6-4-3-5-7-22,24-10-14-28(35-2)15-11-24)37-17-16-36-29-18-25(20-32)31-26(19-29)21-33/h3-15,18-19,32-33H,16-17,20-21H2,1-2H3. The molecule has 0 atom stereocenters. The zero-order chi connectivity index (χ0) is 26.1. The van der Waals surface area contributed by atoms with E-state index in [0.717, 1.165) is 28.2 Å². The van der Waals surface area contributed by atoms with Crippen LogP contribution in [0.3, 0.4) is 0 Å². The smallest absolute Gasteiger partial charge is 0.143 e. The Hall–Kier alpha value is -3.91. The maximum Gasteiger partial charge on any atom is 0.143 e. The Labute approximate surface area is 216 Å². The highest BCUT2D eigenvalue weighted by Gasteiger charge is 2.37.